The predicted molar refractivity (Wildman–Crippen MR) is 82.0 cm³/mol. The lowest BCUT2D eigenvalue weighted by molar-refractivity contribution is 0.0855. The van der Waals surface area contributed by atoms with Crippen LogP contribution in [-0.4, -0.2) is 28.5 Å². The maximum Gasteiger partial charge on any atom is 0.0547 e. The van der Waals surface area contributed by atoms with Gasteiger partial charge in [-0.15, -0.1) is 0 Å². The average Bonchev–Trinajstić information content (AvgIpc) is 2.35. The normalized spacial score (nSPS) is 14.9. The minimum Gasteiger partial charge on any atom is -0.329 e. The molecule has 0 saturated heterocycles. The van der Waals surface area contributed by atoms with Crippen LogP contribution in [0.25, 0.3) is 0 Å². The summed E-state index contributed by atoms with van der Waals surface area (Å²) >= 11 is 0. The van der Waals surface area contributed by atoms with Crippen molar-refractivity contribution in [1.29, 1.82) is 0 Å². The Morgan fingerprint density at radius 3 is 2.53 bits per heavy atom. The summed E-state index contributed by atoms with van der Waals surface area (Å²) < 4.78 is 0. The van der Waals surface area contributed by atoms with E-state index in [4.69, 9.17) is 5.73 Å². The van der Waals surface area contributed by atoms with Crippen molar-refractivity contribution in [2.75, 3.05) is 13.1 Å². The highest BCUT2D eigenvalue weighted by atomic mass is 15.2. The van der Waals surface area contributed by atoms with Crippen LogP contribution in [0, 0.1) is 12.8 Å². The first kappa shape index (κ1) is 16.1. The van der Waals surface area contributed by atoms with Gasteiger partial charge in [-0.05, 0) is 44.9 Å². The van der Waals surface area contributed by atoms with E-state index in [1.807, 2.05) is 13.0 Å². The molecule has 0 aromatic carbocycles. The average molecular weight is 263 g/mol. The van der Waals surface area contributed by atoms with Crippen molar-refractivity contribution in [1.82, 2.24) is 9.88 Å². The summed E-state index contributed by atoms with van der Waals surface area (Å²) in [5.41, 5.74) is 8.31. The minimum absolute atomic E-state index is 0.0499. The molecule has 3 nitrogen and oxygen atoms in total. The van der Waals surface area contributed by atoms with E-state index in [0.717, 1.165) is 30.9 Å². The Bertz CT molecular complexity index is 389. The number of likely N-dealkylation sites (N-methyl/N-ethyl adjacent to an activating group) is 1. The van der Waals surface area contributed by atoms with Gasteiger partial charge in [0.1, 0.15) is 0 Å². The smallest absolute Gasteiger partial charge is 0.0547 e. The second-order valence-electron chi connectivity index (χ2n) is 6.08. The van der Waals surface area contributed by atoms with Gasteiger partial charge in [-0.25, -0.2) is 0 Å². The van der Waals surface area contributed by atoms with Crippen LogP contribution in [0.1, 0.15) is 45.5 Å². The number of rotatable bonds is 7. The van der Waals surface area contributed by atoms with Crippen molar-refractivity contribution in [2.24, 2.45) is 11.7 Å². The standard InChI is InChI=1S/C16H29N3/c1-6-19(16(5,12-17)10-13(2)3)11-15-9-7-8-14(4)18-15/h7-9,13H,6,10-12,17H2,1-5H3. The molecule has 108 valence electrons. The molecule has 3 heteroatoms. The molecule has 0 fully saturated rings. The van der Waals surface area contributed by atoms with Crippen molar-refractivity contribution < 1.29 is 0 Å². The summed E-state index contributed by atoms with van der Waals surface area (Å²) in [7, 11) is 0. The molecule has 19 heavy (non-hydrogen) atoms. The third kappa shape index (κ3) is 4.59. The summed E-state index contributed by atoms with van der Waals surface area (Å²) in [6.45, 7) is 13.6. The van der Waals surface area contributed by atoms with Crippen LogP contribution >= 0.6 is 0 Å². The Hall–Kier alpha value is -0.930. The Morgan fingerprint density at radius 1 is 1.37 bits per heavy atom. The Balaban J connectivity index is 2.86. The van der Waals surface area contributed by atoms with E-state index < -0.39 is 0 Å². The zero-order chi connectivity index (χ0) is 14.5. The highest BCUT2D eigenvalue weighted by Crippen LogP contribution is 2.24. The van der Waals surface area contributed by atoms with E-state index in [9.17, 15) is 0 Å². The lowest BCUT2D eigenvalue weighted by Gasteiger charge is -2.41. The van der Waals surface area contributed by atoms with Gasteiger partial charge < -0.3 is 5.73 Å². The molecule has 2 N–H and O–H groups in total. The fraction of sp³-hybridized carbons (Fsp3) is 0.688. The molecule has 0 aliphatic rings. The quantitative estimate of drug-likeness (QED) is 0.822. The number of aryl methyl sites for hydroxylation is 1. The molecule has 0 radical (unpaired) electrons. The first-order chi connectivity index (χ1) is 8.91. The van der Waals surface area contributed by atoms with E-state index >= 15 is 0 Å². The van der Waals surface area contributed by atoms with Gasteiger partial charge in [-0.3, -0.25) is 9.88 Å². The van der Waals surface area contributed by atoms with Gasteiger partial charge in [0.2, 0.25) is 0 Å². The summed E-state index contributed by atoms with van der Waals surface area (Å²) in [5, 5.41) is 0. The summed E-state index contributed by atoms with van der Waals surface area (Å²) in [6, 6.07) is 6.21. The van der Waals surface area contributed by atoms with E-state index in [1.54, 1.807) is 0 Å². The Labute approximate surface area is 118 Å². The second-order valence-corrected chi connectivity index (χ2v) is 6.08. The highest BCUT2D eigenvalue weighted by Gasteiger charge is 2.30. The molecule has 0 spiro atoms. The second kappa shape index (κ2) is 7.01. The van der Waals surface area contributed by atoms with Crippen LogP contribution < -0.4 is 5.73 Å². The maximum atomic E-state index is 6.05. The number of pyridine rings is 1. The fourth-order valence-corrected chi connectivity index (χ4v) is 2.79. The van der Waals surface area contributed by atoms with Crippen LogP contribution in [0.3, 0.4) is 0 Å². The zero-order valence-corrected chi connectivity index (χ0v) is 13.1. The van der Waals surface area contributed by atoms with Crippen LogP contribution in [0.5, 0.6) is 0 Å². The SMILES string of the molecule is CCN(Cc1cccc(C)n1)C(C)(CN)CC(C)C. The molecule has 0 aliphatic carbocycles. The molecular weight excluding hydrogens is 234 g/mol. The molecule has 0 bridgehead atoms. The van der Waals surface area contributed by atoms with Crippen molar-refractivity contribution in [3.63, 3.8) is 0 Å². The van der Waals surface area contributed by atoms with Crippen molar-refractivity contribution >= 4 is 0 Å². The summed E-state index contributed by atoms with van der Waals surface area (Å²) in [4.78, 5) is 7.06. The monoisotopic (exact) mass is 263 g/mol. The fourth-order valence-electron chi connectivity index (χ4n) is 2.79. The molecule has 1 unspecified atom stereocenters. The highest BCUT2D eigenvalue weighted by molar-refractivity contribution is 5.10. The third-order valence-electron chi connectivity index (χ3n) is 3.73. The lowest BCUT2D eigenvalue weighted by Crippen LogP contribution is -2.52. The van der Waals surface area contributed by atoms with Crippen LogP contribution in [0.2, 0.25) is 0 Å². The number of hydrogen-bond acceptors (Lipinski definition) is 3. The van der Waals surface area contributed by atoms with E-state index in [2.05, 4.69) is 49.7 Å². The first-order valence-electron chi connectivity index (χ1n) is 7.29. The van der Waals surface area contributed by atoms with Gasteiger partial charge in [-0.2, -0.15) is 0 Å². The molecule has 0 amide bonds. The molecular formula is C16H29N3. The minimum atomic E-state index is 0.0499. The number of aromatic nitrogens is 1. The van der Waals surface area contributed by atoms with E-state index in [1.165, 1.54) is 0 Å². The summed E-state index contributed by atoms with van der Waals surface area (Å²) in [6.07, 6.45) is 1.11. The van der Waals surface area contributed by atoms with Crippen LogP contribution in [0.15, 0.2) is 18.2 Å². The van der Waals surface area contributed by atoms with Gasteiger partial charge in [0.25, 0.3) is 0 Å². The molecule has 1 rings (SSSR count). The van der Waals surface area contributed by atoms with Gasteiger partial charge >= 0.3 is 0 Å². The Kier molecular flexibility index (Phi) is 5.95. The van der Waals surface area contributed by atoms with E-state index in [-0.39, 0.29) is 5.54 Å². The topological polar surface area (TPSA) is 42.2 Å². The van der Waals surface area contributed by atoms with Crippen LogP contribution in [0.4, 0.5) is 0 Å². The number of nitrogens with zero attached hydrogens (tertiary/aromatic N) is 2. The summed E-state index contributed by atoms with van der Waals surface area (Å²) in [5.74, 6) is 0.646. The lowest BCUT2D eigenvalue weighted by atomic mass is 9.88. The number of hydrogen-bond donors (Lipinski definition) is 1. The molecule has 0 aliphatic heterocycles. The predicted octanol–water partition coefficient (Wildman–Crippen LogP) is 2.98. The van der Waals surface area contributed by atoms with Gasteiger partial charge in [0.15, 0.2) is 0 Å². The van der Waals surface area contributed by atoms with Crippen molar-refractivity contribution in [3.8, 4) is 0 Å². The molecule has 1 aromatic rings. The Morgan fingerprint density at radius 2 is 2.05 bits per heavy atom. The molecule has 1 heterocycles. The molecule has 0 saturated carbocycles. The maximum absolute atomic E-state index is 6.05. The van der Waals surface area contributed by atoms with Gasteiger partial charge in [0, 0.05) is 24.3 Å². The number of nitrogens with two attached hydrogens (primary N) is 1. The molecule has 1 atom stereocenters. The zero-order valence-electron chi connectivity index (χ0n) is 13.1. The van der Waals surface area contributed by atoms with Gasteiger partial charge in [-0.1, -0.05) is 26.8 Å². The molecule has 1 aromatic heterocycles. The van der Waals surface area contributed by atoms with Crippen molar-refractivity contribution in [3.05, 3.63) is 29.6 Å². The van der Waals surface area contributed by atoms with Gasteiger partial charge in [0.05, 0.1) is 5.69 Å². The largest absolute Gasteiger partial charge is 0.329 e. The third-order valence-corrected chi connectivity index (χ3v) is 3.73. The van der Waals surface area contributed by atoms with Crippen molar-refractivity contribution in [2.45, 2.75) is 53.1 Å². The van der Waals surface area contributed by atoms with E-state index in [0.29, 0.717) is 12.5 Å². The van der Waals surface area contributed by atoms with Crippen LogP contribution in [-0.2, 0) is 6.54 Å². The first-order valence-corrected chi connectivity index (χ1v) is 7.29.